The SMILES string of the molecule is Oc1c(Cl)cc(Cl)cc1Sc1cc(Cl)cc(Cl)c1O.Oc1cc(Cl)ccc1Oc1ccc(Cl)cc1Cl. The highest BCUT2D eigenvalue weighted by Crippen LogP contribution is 2.46. The van der Waals surface area contributed by atoms with Gasteiger partial charge in [-0.2, -0.15) is 0 Å². The van der Waals surface area contributed by atoms with Gasteiger partial charge in [0.2, 0.25) is 0 Å². The molecular weight excluding hydrogens is 632 g/mol. The summed E-state index contributed by atoms with van der Waals surface area (Å²) in [6, 6.07) is 15.3. The number of phenols is 3. The molecule has 4 nitrogen and oxygen atoms in total. The summed E-state index contributed by atoms with van der Waals surface area (Å²) in [4.78, 5) is 0.789. The van der Waals surface area contributed by atoms with Gasteiger partial charge in [0, 0.05) is 26.2 Å². The summed E-state index contributed by atoms with van der Waals surface area (Å²) >= 11 is 41.9. The Bertz CT molecular complexity index is 1310. The Morgan fingerprint density at radius 2 is 0.944 bits per heavy atom. The monoisotopic (exact) mass is 642 g/mol. The topological polar surface area (TPSA) is 69.9 Å². The van der Waals surface area contributed by atoms with Crippen LogP contribution in [0.5, 0.6) is 28.7 Å². The van der Waals surface area contributed by atoms with E-state index in [0.29, 0.717) is 40.7 Å². The van der Waals surface area contributed by atoms with Crippen LogP contribution in [0.1, 0.15) is 0 Å². The van der Waals surface area contributed by atoms with Crippen LogP contribution in [0.25, 0.3) is 0 Å². The molecule has 0 atom stereocenters. The highest BCUT2D eigenvalue weighted by Gasteiger charge is 2.14. The fourth-order valence-corrected chi connectivity index (χ4v) is 5.48. The molecule has 0 aliphatic carbocycles. The second-order valence-corrected chi connectivity index (χ2v) is 10.9. The molecule has 0 saturated heterocycles. The number of hydrogen-bond donors (Lipinski definition) is 3. The average Bonchev–Trinajstić information content (AvgIpc) is 2.79. The first kappa shape index (κ1) is 29.0. The summed E-state index contributed by atoms with van der Waals surface area (Å²) in [5.41, 5.74) is 0. The minimum Gasteiger partial charge on any atom is -0.505 e. The highest BCUT2D eigenvalue weighted by atomic mass is 35.5. The molecule has 4 aromatic rings. The molecule has 0 aliphatic rings. The van der Waals surface area contributed by atoms with Crippen molar-refractivity contribution >= 4 is 93.0 Å². The minimum absolute atomic E-state index is 0.0523. The molecule has 0 saturated carbocycles. The van der Waals surface area contributed by atoms with E-state index in [-0.39, 0.29) is 33.0 Å². The van der Waals surface area contributed by atoms with Gasteiger partial charge in [-0.3, -0.25) is 0 Å². The molecule has 0 heterocycles. The van der Waals surface area contributed by atoms with Crippen molar-refractivity contribution in [3.8, 4) is 28.7 Å². The van der Waals surface area contributed by atoms with E-state index in [0.717, 1.165) is 11.8 Å². The third kappa shape index (κ3) is 7.73. The van der Waals surface area contributed by atoms with E-state index in [1.165, 1.54) is 30.3 Å². The van der Waals surface area contributed by atoms with E-state index < -0.39 is 0 Å². The first-order valence-corrected chi connectivity index (χ1v) is 13.1. The van der Waals surface area contributed by atoms with Crippen molar-refractivity contribution in [2.24, 2.45) is 0 Å². The van der Waals surface area contributed by atoms with Gasteiger partial charge in [0.25, 0.3) is 0 Å². The van der Waals surface area contributed by atoms with Crippen LogP contribution in [-0.4, -0.2) is 15.3 Å². The van der Waals surface area contributed by atoms with E-state index in [1.807, 2.05) is 0 Å². The van der Waals surface area contributed by atoms with E-state index >= 15 is 0 Å². The van der Waals surface area contributed by atoms with E-state index in [9.17, 15) is 15.3 Å². The molecule has 4 rings (SSSR count). The van der Waals surface area contributed by atoms with E-state index in [4.69, 9.17) is 85.9 Å². The number of aromatic hydroxyl groups is 3. The standard InChI is InChI=1S/C12H6Cl4O2S.C12H7Cl3O2/c13-5-1-7(15)11(17)9(3-5)19-10-4-6(14)2-8(16)12(10)18;13-7-1-3-11(9(15)5-7)17-12-4-2-8(14)6-10(12)16/h1-4,17-18H;1-6,16H. The first-order valence-electron chi connectivity index (χ1n) is 9.60. The Labute approximate surface area is 245 Å². The molecule has 0 unspecified atom stereocenters. The van der Waals surface area contributed by atoms with Crippen LogP contribution in [0, 0.1) is 0 Å². The predicted octanol–water partition coefficient (Wildman–Crippen LogP) is 11.0. The molecule has 0 spiro atoms. The average molecular weight is 646 g/mol. The zero-order valence-corrected chi connectivity index (χ0v) is 23.7. The van der Waals surface area contributed by atoms with Gasteiger partial charge in [-0.1, -0.05) is 93.0 Å². The molecular formula is C24H13Cl7O4S. The van der Waals surface area contributed by atoms with Crippen molar-refractivity contribution in [3.05, 3.63) is 95.8 Å². The summed E-state index contributed by atoms with van der Waals surface area (Å²) in [7, 11) is 0. The maximum atomic E-state index is 9.85. The fourth-order valence-electron chi connectivity index (χ4n) is 2.61. The van der Waals surface area contributed by atoms with Gasteiger partial charge in [-0.15, -0.1) is 0 Å². The molecule has 0 bridgehead atoms. The van der Waals surface area contributed by atoms with Crippen molar-refractivity contribution in [1.82, 2.24) is 0 Å². The second-order valence-electron chi connectivity index (χ2n) is 6.86. The largest absolute Gasteiger partial charge is 0.505 e. The zero-order valence-electron chi connectivity index (χ0n) is 17.6. The summed E-state index contributed by atoms with van der Waals surface area (Å²) in [6.45, 7) is 0. The van der Waals surface area contributed by atoms with E-state index in [2.05, 4.69) is 0 Å². The van der Waals surface area contributed by atoms with Crippen molar-refractivity contribution in [2.75, 3.05) is 0 Å². The summed E-state index contributed by atoms with van der Waals surface area (Å²) in [6.07, 6.45) is 0. The lowest BCUT2D eigenvalue weighted by Gasteiger charge is -2.09. The Morgan fingerprint density at radius 3 is 1.42 bits per heavy atom. The molecule has 3 N–H and O–H groups in total. The highest BCUT2D eigenvalue weighted by molar-refractivity contribution is 7.99. The number of rotatable bonds is 4. The van der Waals surface area contributed by atoms with Gasteiger partial charge in [0.1, 0.15) is 17.2 Å². The van der Waals surface area contributed by atoms with Crippen molar-refractivity contribution < 1.29 is 20.1 Å². The summed E-state index contributed by atoms with van der Waals surface area (Å²) in [5.74, 6) is 0.397. The van der Waals surface area contributed by atoms with Crippen LogP contribution in [0.3, 0.4) is 0 Å². The molecule has 0 aromatic heterocycles. The number of benzene rings is 4. The van der Waals surface area contributed by atoms with Gasteiger partial charge in [0.05, 0.1) is 24.9 Å². The molecule has 4 aromatic carbocycles. The Hall–Kier alpha value is -1.54. The van der Waals surface area contributed by atoms with Gasteiger partial charge in [-0.05, 0) is 54.6 Å². The van der Waals surface area contributed by atoms with Crippen molar-refractivity contribution in [3.63, 3.8) is 0 Å². The quantitative estimate of drug-likeness (QED) is 0.206. The normalized spacial score (nSPS) is 10.5. The lowest BCUT2D eigenvalue weighted by molar-refractivity contribution is 0.411. The number of hydrogen-bond acceptors (Lipinski definition) is 5. The molecule has 0 fully saturated rings. The van der Waals surface area contributed by atoms with Gasteiger partial charge < -0.3 is 20.1 Å². The van der Waals surface area contributed by atoms with Crippen LogP contribution >= 0.6 is 93.0 Å². The maximum Gasteiger partial charge on any atom is 0.169 e. The molecule has 12 heteroatoms. The van der Waals surface area contributed by atoms with Gasteiger partial charge >= 0.3 is 0 Å². The molecule has 0 aliphatic heterocycles. The Kier molecular flexibility index (Phi) is 10.3. The molecule has 0 radical (unpaired) electrons. The first-order chi connectivity index (χ1) is 16.9. The third-order valence-corrected chi connectivity index (χ3v) is 7.08. The zero-order chi connectivity index (χ0) is 26.6. The molecule has 36 heavy (non-hydrogen) atoms. The predicted molar refractivity (Wildman–Crippen MR) is 150 cm³/mol. The third-order valence-electron chi connectivity index (χ3n) is 4.24. The molecule has 188 valence electrons. The van der Waals surface area contributed by atoms with Crippen LogP contribution in [0.15, 0.2) is 70.5 Å². The smallest absolute Gasteiger partial charge is 0.169 e. The number of phenolic OH excluding ortho intramolecular Hbond substituents is 3. The lowest BCUT2D eigenvalue weighted by atomic mass is 10.3. The van der Waals surface area contributed by atoms with Gasteiger partial charge in [-0.25, -0.2) is 0 Å². The van der Waals surface area contributed by atoms with Crippen LogP contribution in [0.2, 0.25) is 35.2 Å². The molecule has 0 amide bonds. The Balaban J connectivity index is 0.000000202. The van der Waals surface area contributed by atoms with Crippen molar-refractivity contribution in [1.29, 1.82) is 0 Å². The van der Waals surface area contributed by atoms with Crippen LogP contribution in [-0.2, 0) is 0 Å². The Morgan fingerprint density at radius 1 is 0.500 bits per heavy atom. The van der Waals surface area contributed by atoms with Crippen LogP contribution in [0.4, 0.5) is 0 Å². The summed E-state index contributed by atoms with van der Waals surface area (Å²) < 4.78 is 5.45. The number of ether oxygens (including phenoxy) is 1. The summed E-state index contributed by atoms with van der Waals surface area (Å²) in [5, 5.41) is 31.6. The second kappa shape index (κ2) is 12.8. The number of halogens is 7. The van der Waals surface area contributed by atoms with Gasteiger partial charge in [0.15, 0.2) is 11.5 Å². The van der Waals surface area contributed by atoms with E-state index in [1.54, 1.807) is 30.3 Å². The lowest BCUT2D eigenvalue weighted by Crippen LogP contribution is -1.86. The minimum atomic E-state index is -0.119. The maximum absolute atomic E-state index is 9.85. The van der Waals surface area contributed by atoms with Crippen LogP contribution < -0.4 is 4.74 Å². The van der Waals surface area contributed by atoms with Crippen molar-refractivity contribution in [2.45, 2.75) is 9.79 Å². The fraction of sp³-hybridized carbons (Fsp3) is 0.